The molecule has 0 aliphatic heterocycles. The van der Waals surface area contributed by atoms with Crippen LogP contribution in [-0.4, -0.2) is 28.4 Å². The van der Waals surface area contributed by atoms with Crippen molar-refractivity contribution in [1.82, 2.24) is 0 Å². The van der Waals surface area contributed by atoms with E-state index in [4.69, 9.17) is 18.9 Å². The Bertz CT molecular complexity index is 2420. The molecule has 212 valence electrons. The number of methoxy groups -OCH3 is 4. The quantitative estimate of drug-likeness (QED) is 0.198. The molecule has 0 aliphatic rings. The fourth-order valence-electron chi connectivity index (χ4n) is 7.74. The Balaban J connectivity index is 1.66. The van der Waals surface area contributed by atoms with Gasteiger partial charge in [-0.3, -0.25) is 9.59 Å². The van der Waals surface area contributed by atoms with Crippen molar-refractivity contribution in [3.8, 4) is 23.0 Å². The van der Waals surface area contributed by atoms with Crippen molar-refractivity contribution in [3.05, 3.63) is 93.2 Å². The van der Waals surface area contributed by atoms with Gasteiger partial charge in [-0.15, -0.1) is 0 Å². The molecule has 11 aromatic rings. The number of rotatable bonds is 4. The molecule has 11 aromatic carbocycles. The van der Waals surface area contributed by atoms with E-state index in [2.05, 4.69) is 0 Å². The second-order valence-corrected chi connectivity index (χ2v) is 11.3. The van der Waals surface area contributed by atoms with E-state index in [1.807, 2.05) is 72.8 Å². The van der Waals surface area contributed by atoms with Gasteiger partial charge in [0, 0.05) is 43.1 Å². The number of hydrogen-bond acceptors (Lipinski definition) is 6. The Morgan fingerprint density at radius 3 is 0.773 bits per heavy atom. The largest absolute Gasteiger partial charge is 0.493 e. The maximum Gasteiger partial charge on any atom is 0.195 e. The van der Waals surface area contributed by atoms with Crippen molar-refractivity contribution < 1.29 is 18.9 Å². The fraction of sp³-hybridized carbons (Fsp3) is 0.105. The molecule has 0 fully saturated rings. The van der Waals surface area contributed by atoms with Gasteiger partial charge in [0.15, 0.2) is 33.9 Å². The number of ether oxygens (including phenoxy) is 4. The highest BCUT2D eigenvalue weighted by molar-refractivity contribution is 6.45. The van der Waals surface area contributed by atoms with E-state index in [9.17, 15) is 0 Å². The van der Waals surface area contributed by atoms with Crippen LogP contribution in [0.4, 0.5) is 0 Å². The maximum atomic E-state index is 15.1. The van der Waals surface area contributed by atoms with Gasteiger partial charge in [-0.1, -0.05) is 48.5 Å². The highest BCUT2D eigenvalue weighted by Gasteiger charge is 2.29. The summed E-state index contributed by atoms with van der Waals surface area (Å²) < 4.78 is 22.7. The molecular formula is C38H24O6. The van der Waals surface area contributed by atoms with Gasteiger partial charge in [0.25, 0.3) is 0 Å². The average molecular weight is 577 g/mol. The van der Waals surface area contributed by atoms with Gasteiger partial charge in [-0.25, -0.2) is 0 Å². The molecule has 0 radical (unpaired) electrons. The van der Waals surface area contributed by atoms with Crippen molar-refractivity contribution in [2.45, 2.75) is 0 Å². The van der Waals surface area contributed by atoms with Crippen LogP contribution in [0.3, 0.4) is 0 Å². The molecule has 6 nitrogen and oxygen atoms in total. The minimum atomic E-state index is -0.153. The summed E-state index contributed by atoms with van der Waals surface area (Å²) in [6, 6.07) is 23.6. The molecule has 6 heteroatoms. The van der Waals surface area contributed by atoms with Gasteiger partial charge in [0.1, 0.15) is 0 Å². The molecule has 4 bridgehead atoms. The van der Waals surface area contributed by atoms with Crippen LogP contribution in [0.2, 0.25) is 0 Å². The Morgan fingerprint density at radius 1 is 0.341 bits per heavy atom. The van der Waals surface area contributed by atoms with E-state index in [-0.39, 0.29) is 10.9 Å². The van der Waals surface area contributed by atoms with E-state index in [1.54, 1.807) is 28.4 Å². The number of benzene rings is 11. The van der Waals surface area contributed by atoms with Crippen LogP contribution in [0.5, 0.6) is 23.0 Å². The topological polar surface area (TPSA) is 71.1 Å². The molecule has 0 saturated heterocycles. The second kappa shape index (κ2) is 8.48. The van der Waals surface area contributed by atoms with Crippen LogP contribution in [0.25, 0.3) is 86.2 Å². The van der Waals surface area contributed by atoms with Crippen molar-refractivity contribution in [2.24, 2.45) is 0 Å². The molecule has 0 N–H and O–H groups in total. The maximum absolute atomic E-state index is 15.1. The first kappa shape index (κ1) is 24.9. The third kappa shape index (κ3) is 2.76. The molecule has 11 rings (SSSR count). The summed E-state index contributed by atoms with van der Waals surface area (Å²) in [4.78, 5) is 30.1. The summed E-state index contributed by atoms with van der Waals surface area (Å²) in [5.74, 6) is 2.25. The molecule has 0 spiro atoms. The van der Waals surface area contributed by atoms with Gasteiger partial charge in [0.05, 0.1) is 28.4 Å². The molecular weight excluding hydrogens is 552 g/mol. The standard InChI is InChI=1S/C38H24O6/c1-41-25-13-21-22(14-26(25)42-2)30-18-10-6-5-9-17(18)29(21)33-34(30)38(40)36-32-20-12-8-7-11-19(20)31(35(36)37(33)39)23-15-27(43-3)28(44-4)16-24(23)32/h5-16H,1-4H3. The molecule has 0 aliphatic carbocycles. The molecule has 0 aromatic heterocycles. The Morgan fingerprint density at radius 2 is 0.568 bits per heavy atom. The third-order valence-electron chi connectivity index (χ3n) is 9.46. The summed E-state index contributed by atoms with van der Waals surface area (Å²) in [6.45, 7) is 0. The molecule has 44 heavy (non-hydrogen) atoms. The van der Waals surface area contributed by atoms with Gasteiger partial charge in [-0.05, 0) is 67.4 Å². The summed E-state index contributed by atoms with van der Waals surface area (Å²) in [6.07, 6.45) is 0. The molecule has 0 amide bonds. The highest BCUT2D eigenvalue weighted by atomic mass is 16.5. The number of hydrogen-bond donors (Lipinski definition) is 0. The minimum absolute atomic E-state index is 0.153. The second-order valence-electron chi connectivity index (χ2n) is 11.3. The first-order valence-corrected chi connectivity index (χ1v) is 14.3. The van der Waals surface area contributed by atoms with E-state index >= 15 is 9.59 Å². The van der Waals surface area contributed by atoms with Crippen LogP contribution >= 0.6 is 0 Å². The Labute approximate surface area is 249 Å². The third-order valence-corrected chi connectivity index (χ3v) is 9.46. The zero-order chi connectivity index (χ0) is 30.0. The van der Waals surface area contributed by atoms with Crippen molar-refractivity contribution in [2.75, 3.05) is 28.4 Å². The average Bonchev–Trinajstić information content (AvgIpc) is 3.08. The minimum Gasteiger partial charge on any atom is -0.493 e. The van der Waals surface area contributed by atoms with Gasteiger partial charge >= 0.3 is 0 Å². The Kier molecular flexibility index (Phi) is 4.80. The normalized spacial score (nSPS) is 12.3. The van der Waals surface area contributed by atoms with Crippen molar-refractivity contribution >= 4 is 86.2 Å². The Hall–Kier alpha value is -5.62. The van der Waals surface area contributed by atoms with Crippen LogP contribution in [0.1, 0.15) is 0 Å². The predicted molar refractivity (Wildman–Crippen MR) is 179 cm³/mol. The fourth-order valence-corrected chi connectivity index (χ4v) is 7.74. The van der Waals surface area contributed by atoms with Gasteiger partial charge < -0.3 is 18.9 Å². The van der Waals surface area contributed by atoms with Crippen molar-refractivity contribution in [3.63, 3.8) is 0 Å². The van der Waals surface area contributed by atoms with Gasteiger partial charge in [-0.2, -0.15) is 0 Å². The molecule has 0 atom stereocenters. The summed E-state index contributed by atoms with van der Waals surface area (Å²) >= 11 is 0. The summed E-state index contributed by atoms with van der Waals surface area (Å²) in [5, 5.41) is 11.9. The molecule has 0 unspecified atom stereocenters. The van der Waals surface area contributed by atoms with Crippen LogP contribution in [-0.2, 0) is 0 Å². The van der Waals surface area contributed by atoms with E-state index < -0.39 is 0 Å². The molecule has 0 heterocycles. The van der Waals surface area contributed by atoms with E-state index in [1.165, 1.54) is 0 Å². The van der Waals surface area contributed by atoms with E-state index in [0.717, 1.165) is 64.6 Å². The summed E-state index contributed by atoms with van der Waals surface area (Å²) in [5.41, 5.74) is -0.307. The molecule has 0 saturated carbocycles. The van der Waals surface area contributed by atoms with Crippen LogP contribution in [0.15, 0.2) is 82.4 Å². The first-order valence-electron chi connectivity index (χ1n) is 14.3. The first-order chi connectivity index (χ1) is 21.5. The zero-order valence-electron chi connectivity index (χ0n) is 24.4. The zero-order valence-corrected chi connectivity index (χ0v) is 24.4. The monoisotopic (exact) mass is 576 g/mol. The van der Waals surface area contributed by atoms with Crippen molar-refractivity contribution in [1.29, 1.82) is 0 Å². The highest BCUT2D eigenvalue weighted by Crippen LogP contribution is 2.49. The van der Waals surface area contributed by atoms with Gasteiger partial charge in [0.2, 0.25) is 0 Å². The van der Waals surface area contributed by atoms with Crippen LogP contribution < -0.4 is 29.8 Å². The smallest absolute Gasteiger partial charge is 0.195 e. The summed E-state index contributed by atoms with van der Waals surface area (Å²) in [7, 11) is 6.38. The van der Waals surface area contributed by atoms with E-state index in [0.29, 0.717) is 44.5 Å². The SMILES string of the molecule is COc1cc2c(cc1OC)c1c3ccccc3c2c2c(=O)c3c(c(=O)c21)c1c2ccccc2c3c2cc(OC)c(OC)cc21. The van der Waals surface area contributed by atoms with Crippen LogP contribution in [0, 0.1) is 0 Å². The lowest BCUT2D eigenvalue weighted by molar-refractivity contribution is 0.356. The lowest BCUT2D eigenvalue weighted by Crippen LogP contribution is -2.17. The predicted octanol–water partition coefficient (Wildman–Crippen LogP) is 7.98. The lowest BCUT2D eigenvalue weighted by atomic mass is 9.80. The lowest BCUT2D eigenvalue weighted by Gasteiger charge is -2.22.